The molecule has 36 heavy (non-hydrogen) atoms. The van der Waals surface area contributed by atoms with E-state index in [9.17, 15) is 24.5 Å². The molecule has 4 rings (SSSR count). The molecule has 0 spiro atoms. The number of rotatable bonds is 8. The zero-order valence-corrected chi connectivity index (χ0v) is 20.0. The second-order valence-corrected chi connectivity index (χ2v) is 8.92. The monoisotopic (exact) mass is 503 g/mol. The van der Waals surface area contributed by atoms with Gasteiger partial charge in [-0.2, -0.15) is 0 Å². The first-order chi connectivity index (χ1) is 17.3. The van der Waals surface area contributed by atoms with Crippen LogP contribution in [0, 0.1) is 17.0 Å². The van der Waals surface area contributed by atoms with Crippen LogP contribution in [0.1, 0.15) is 16.7 Å². The Morgan fingerprint density at radius 2 is 1.75 bits per heavy atom. The molecular weight excluding hydrogens is 482 g/mol. The normalized spacial score (nSPS) is 14.2. The highest BCUT2D eigenvalue weighted by atomic mass is 32.2. The van der Waals surface area contributed by atoms with Gasteiger partial charge >= 0.3 is 0 Å². The van der Waals surface area contributed by atoms with Gasteiger partial charge < -0.3 is 10.1 Å². The lowest BCUT2D eigenvalue weighted by atomic mass is 10.1. The average molecular weight is 504 g/mol. The summed E-state index contributed by atoms with van der Waals surface area (Å²) >= 11 is 0.775. The Morgan fingerprint density at radius 3 is 2.44 bits per heavy atom. The second-order valence-electron chi connectivity index (χ2n) is 7.93. The van der Waals surface area contributed by atoms with E-state index in [-0.39, 0.29) is 35.2 Å². The van der Waals surface area contributed by atoms with E-state index >= 15 is 0 Å². The van der Waals surface area contributed by atoms with Crippen LogP contribution in [0.2, 0.25) is 0 Å². The number of anilines is 1. The van der Waals surface area contributed by atoms with E-state index in [1.54, 1.807) is 36.4 Å². The Bertz CT molecular complexity index is 1350. The molecule has 182 valence electrons. The number of hydrogen-bond donors (Lipinski definition) is 1. The SMILES string of the molecule is Cc1ccc(NC(=O)COc2ccc(/C=C3\SC(=O)N(Cc4ccccc4[N+](=O)[O-])C3=O)cc2)cc1. The largest absolute Gasteiger partial charge is 0.484 e. The number of nitrogens with one attached hydrogen (secondary N) is 1. The number of benzene rings is 3. The zero-order chi connectivity index (χ0) is 25.7. The number of imide groups is 1. The highest BCUT2D eigenvalue weighted by molar-refractivity contribution is 8.18. The topological polar surface area (TPSA) is 119 Å². The molecule has 0 saturated carbocycles. The van der Waals surface area contributed by atoms with Crippen LogP contribution < -0.4 is 10.1 Å². The van der Waals surface area contributed by atoms with Crippen molar-refractivity contribution in [2.24, 2.45) is 0 Å². The van der Waals surface area contributed by atoms with Gasteiger partial charge in [-0.1, -0.05) is 48.0 Å². The van der Waals surface area contributed by atoms with Crippen molar-refractivity contribution in [2.45, 2.75) is 13.5 Å². The minimum absolute atomic E-state index is 0.149. The number of nitro groups is 1. The molecule has 1 aliphatic heterocycles. The highest BCUT2D eigenvalue weighted by Crippen LogP contribution is 2.34. The molecule has 1 N–H and O–H groups in total. The lowest BCUT2D eigenvalue weighted by molar-refractivity contribution is -0.385. The summed E-state index contributed by atoms with van der Waals surface area (Å²) in [7, 11) is 0. The van der Waals surface area contributed by atoms with Gasteiger partial charge in [0.25, 0.3) is 22.7 Å². The lowest BCUT2D eigenvalue weighted by Crippen LogP contribution is -2.27. The van der Waals surface area contributed by atoms with Gasteiger partial charge in [0.15, 0.2) is 6.61 Å². The second kappa shape index (κ2) is 10.9. The fourth-order valence-electron chi connectivity index (χ4n) is 3.42. The van der Waals surface area contributed by atoms with Gasteiger partial charge in [-0.25, -0.2) is 0 Å². The van der Waals surface area contributed by atoms with Crippen LogP contribution in [0.5, 0.6) is 5.75 Å². The first-order valence-corrected chi connectivity index (χ1v) is 11.7. The van der Waals surface area contributed by atoms with Gasteiger partial charge in [-0.15, -0.1) is 0 Å². The molecule has 1 saturated heterocycles. The number of carbonyl (C=O) groups is 3. The molecule has 3 amide bonds. The lowest BCUT2D eigenvalue weighted by Gasteiger charge is -2.12. The number of carbonyl (C=O) groups excluding carboxylic acids is 3. The third-order valence-electron chi connectivity index (χ3n) is 5.27. The summed E-state index contributed by atoms with van der Waals surface area (Å²) in [5.74, 6) is -0.345. The van der Waals surface area contributed by atoms with Crippen LogP contribution in [0.25, 0.3) is 6.08 Å². The van der Waals surface area contributed by atoms with Crippen LogP contribution in [0.15, 0.2) is 77.7 Å². The van der Waals surface area contributed by atoms with Crippen molar-refractivity contribution < 1.29 is 24.0 Å². The van der Waals surface area contributed by atoms with Crippen LogP contribution in [0.3, 0.4) is 0 Å². The molecule has 3 aromatic carbocycles. The van der Waals surface area contributed by atoms with E-state index in [0.29, 0.717) is 17.0 Å². The summed E-state index contributed by atoms with van der Waals surface area (Å²) < 4.78 is 5.52. The zero-order valence-electron chi connectivity index (χ0n) is 19.2. The van der Waals surface area contributed by atoms with Gasteiger partial charge in [0.1, 0.15) is 5.75 Å². The van der Waals surface area contributed by atoms with Crippen molar-refractivity contribution in [3.05, 3.63) is 105 Å². The molecular formula is C26H21N3O6S. The van der Waals surface area contributed by atoms with Crippen LogP contribution in [-0.2, 0) is 16.1 Å². The van der Waals surface area contributed by atoms with E-state index in [1.165, 1.54) is 18.2 Å². The van der Waals surface area contributed by atoms with Crippen LogP contribution >= 0.6 is 11.8 Å². The molecule has 1 fully saturated rings. The molecule has 0 atom stereocenters. The first-order valence-electron chi connectivity index (χ1n) is 10.9. The molecule has 9 nitrogen and oxygen atoms in total. The minimum Gasteiger partial charge on any atom is -0.484 e. The third kappa shape index (κ3) is 5.97. The summed E-state index contributed by atoms with van der Waals surface area (Å²) in [5.41, 5.74) is 2.56. The number of nitrogens with zero attached hydrogens (tertiary/aromatic N) is 2. The number of para-hydroxylation sites is 1. The maximum atomic E-state index is 12.8. The van der Waals surface area contributed by atoms with Crippen molar-refractivity contribution >= 4 is 46.3 Å². The molecule has 0 aromatic heterocycles. The van der Waals surface area contributed by atoms with Crippen molar-refractivity contribution in [3.8, 4) is 5.75 Å². The number of amides is 3. The van der Waals surface area contributed by atoms with Crippen LogP contribution in [0.4, 0.5) is 16.2 Å². The Labute approximate surface area is 210 Å². The van der Waals surface area contributed by atoms with Gasteiger partial charge in [0.05, 0.1) is 16.4 Å². The highest BCUT2D eigenvalue weighted by Gasteiger charge is 2.36. The van der Waals surface area contributed by atoms with Gasteiger partial charge in [-0.3, -0.25) is 29.4 Å². The van der Waals surface area contributed by atoms with E-state index in [1.807, 2.05) is 31.2 Å². The maximum absolute atomic E-state index is 12.8. The number of thioether (sulfide) groups is 1. The van der Waals surface area contributed by atoms with Crippen molar-refractivity contribution in [3.63, 3.8) is 0 Å². The van der Waals surface area contributed by atoms with Crippen molar-refractivity contribution in [1.29, 1.82) is 0 Å². The van der Waals surface area contributed by atoms with Gasteiger partial charge in [0.2, 0.25) is 0 Å². The number of ether oxygens (including phenoxy) is 1. The molecule has 0 unspecified atom stereocenters. The van der Waals surface area contributed by atoms with E-state index < -0.39 is 16.1 Å². The molecule has 0 radical (unpaired) electrons. The molecule has 0 aliphatic carbocycles. The summed E-state index contributed by atoms with van der Waals surface area (Å²) in [5, 5.41) is 13.5. The quantitative estimate of drug-likeness (QED) is 0.256. The summed E-state index contributed by atoms with van der Waals surface area (Å²) in [6.45, 7) is 1.61. The molecule has 1 aliphatic rings. The maximum Gasteiger partial charge on any atom is 0.293 e. The molecule has 1 heterocycles. The smallest absolute Gasteiger partial charge is 0.293 e. The fourth-order valence-corrected chi connectivity index (χ4v) is 4.26. The molecule has 0 bridgehead atoms. The minimum atomic E-state index is -0.542. The average Bonchev–Trinajstić information content (AvgIpc) is 3.12. The van der Waals surface area contributed by atoms with Crippen molar-refractivity contribution in [1.82, 2.24) is 4.90 Å². The fraction of sp³-hybridized carbons (Fsp3) is 0.115. The standard InChI is InChI=1S/C26H21N3O6S/c1-17-6-10-20(11-7-17)27-24(30)16-35-21-12-8-18(9-13-21)14-23-25(31)28(26(32)36-23)15-19-4-2-3-5-22(19)29(33)34/h2-14H,15-16H2,1H3,(H,27,30)/b23-14-. The van der Waals surface area contributed by atoms with E-state index in [0.717, 1.165) is 22.2 Å². The predicted octanol–water partition coefficient (Wildman–Crippen LogP) is 5.16. The first kappa shape index (κ1) is 24.7. The number of aryl methyl sites for hydroxylation is 1. The van der Waals surface area contributed by atoms with Crippen molar-refractivity contribution in [2.75, 3.05) is 11.9 Å². The molecule has 3 aromatic rings. The Balaban J connectivity index is 1.36. The van der Waals surface area contributed by atoms with Gasteiger partial charge in [-0.05, 0) is 54.6 Å². The Hall–Kier alpha value is -4.44. The summed E-state index contributed by atoms with van der Waals surface area (Å²) in [6, 6.07) is 20.1. The van der Waals surface area contributed by atoms with Crippen LogP contribution in [-0.4, -0.2) is 33.5 Å². The summed E-state index contributed by atoms with van der Waals surface area (Å²) in [6.07, 6.45) is 1.57. The molecule has 10 heteroatoms. The number of nitro benzene ring substituents is 1. The predicted molar refractivity (Wildman–Crippen MR) is 136 cm³/mol. The van der Waals surface area contributed by atoms with E-state index in [2.05, 4.69) is 5.32 Å². The van der Waals surface area contributed by atoms with E-state index in [4.69, 9.17) is 4.74 Å². The summed E-state index contributed by atoms with van der Waals surface area (Å²) in [4.78, 5) is 49.2. The third-order valence-corrected chi connectivity index (χ3v) is 6.18. The van der Waals surface area contributed by atoms with Gasteiger partial charge in [0, 0.05) is 17.3 Å². The Morgan fingerprint density at radius 1 is 1.06 bits per heavy atom. The number of hydrogen-bond acceptors (Lipinski definition) is 7. The Kier molecular flexibility index (Phi) is 7.45.